The van der Waals surface area contributed by atoms with E-state index >= 15 is 0 Å². The number of benzene rings is 1. The molecule has 2 fully saturated rings. The number of halogens is 3. The number of nitrogens with two attached hydrogens (primary N) is 1. The molecule has 1 radical (unpaired) electrons. The van der Waals surface area contributed by atoms with E-state index in [1.54, 1.807) is 4.90 Å². The molecule has 1 amide bonds. The summed E-state index contributed by atoms with van der Waals surface area (Å²) in [7, 11) is 0. The maximum Gasteiger partial charge on any atom is 0.417 e. The Bertz CT molecular complexity index is 908. The number of carbonyl (C=O) groups excluding carboxylic acids is 1. The van der Waals surface area contributed by atoms with Crippen LogP contribution >= 0.6 is 0 Å². The highest BCUT2D eigenvalue weighted by Gasteiger charge is 2.45. The minimum absolute atomic E-state index is 0.327. The largest absolute Gasteiger partial charge is 0.417 e. The molecular weight excluding hydrogens is 379 g/mol. The highest BCUT2D eigenvalue weighted by Crippen LogP contribution is 2.46. The van der Waals surface area contributed by atoms with Gasteiger partial charge in [0.05, 0.1) is 23.4 Å². The van der Waals surface area contributed by atoms with Crippen molar-refractivity contribution in [2.75, 3.05) is 18.0 Å². The molecule has 0 bridgehead atoms. The van der Waals surface area contributed by atoms with E-state index in [1.807, 2.05) is 24.3 Å². The molecule has 153 valence electrons. The number of hydrogen-bond donors (Lipinski definition) is 1. The van der Waals surface area contributed by atoms with Gasteiger partial charge in [-0.15, -0.1) is 0 Å². The zero-order valence-corrected chi connectivity index (χ0v) is 16.0. The van der Waals surface area contributed by atoms with Crippen molar-refractivity contribution in [2.24, 2.45) is 11.1 Å². The molecule has 1 aromatic heterocycles. The summed E-state index contributed by atoms with van der Waals surface area (Å²) in [6.07, 6.45) is 0.690. The lowest BCUT2D eigenvalue weighted by molar-refractivity contribution is -0.137. The number of carbonyl (C=O) groups is 1. The molecule has 4 nitrogen and oxygen atoms in total. The van der Waals surface area contributed by atoms with Crippen LogP contribution in [0.2, 0.25) is 0 Å². The number of primary amides is 1. The molecule has 4 rings (SSSR count). The Balaban J connectivity index is 1.58. The monoisotopic (exact) mass is 402 g/mol. The van der Waals surface area contributed by atoms with Gasteiger partial charge >= 0.3 is 6.18 Å². The fourth-order valence-corrected chi connectivity index (χ4v) is 4.30. The number of aromatic nitrogens is 1. The lowest BCUT2D eigenvalue weighted by atomic mass is 9.72. The average molecular weight is 402 g/mol. The van der Waals surface area contributed by atoms with Gasteiger partial charge in [-0.2, -0.15) is 13.2 Å². The van der Waals surface area contributed by atoms with Crippen LogP contribution in [-0.2, 0) is 11.0 Å². The maximum atomic E-state index is 13.0. The molecule has 7 heteroatoms. The standard InChI is InChI=1S/C22H23F3N3O/c1-21(19(20(26)29)16-6-4-15(5-7-16)14-2-3-14)8-9-28(13-21)18-10-17(11-27-12-18)22(23,24)25/h4-7,10-12,14,19H,1-3,8-9,13H2,(H2,26,29). The summed E-state index contributed by atoms with van der Waals surface area (Å²) < 4.78 is 39.1. The minimum atomic E-state index is -4.46. The van der Waals surface area contributed by atoms with Gasteiger partial charge in [-0.3, -0.25) is 9.78 Å². The van der Waals surface area contributed by atoms with Crippen molar-refractivity contribution in [1.82, 2.24) is 4.98 Å². The number of hydrogen-bond acceptors (Lipinski definition) is 3. The summed E-state index contributed by atoms with van der Waals surface area (Å²) in [4.78, 5) is 17.9. The van der Waals surface area contributed by atoms with Crippen molar-refractivity contribution in [3.63, 3.8) is 0 Å². The van der Waals surface area contributed by atoms with Crippen molar-refractivity contribution in [3.8, 4) is 0 Å². The van der Waals surface area contributed by atoms with Crippen LogP contribution in [0.25, 0.3) is 0 Å². The van der Waals surface area contributed by atoms with Gasteiger partial charge in [-0.1, -0.05) is 24.3 Å². The summed E-state index contributed by atoms with van der Waals surface area (Å²) in [5.74, 6) is -0.470. The van der Waals surface area contributed by atoms with Crippen LogP contribution in [0.3, 0.4) is 0 Å². The van der Waals surface area contributed by atoms with E-state index in [0.717, 1.165) is 17.8 Å². The third-order valence-electron chi connectivity index (χ3n) is 6.02. The molecule has 2 N–H and O–H groups in total. The number of nitrogens with zero attached hydrogens (tertiary/aromatic N) is 2. The SMILES string of the molecule is [CH2]C1(C(C(N)=O)c2ccc(C3CC3)cc2)CCN(c2cncc(C(F)(F)F)c2)C1. The van der Waals surface area contributed by atoms with Gasteiger partial charge in [-0.05, 0) is 49.3 Å². The van der Waals surface area contributed by atoms with Crippen molar-refractivity contribution < 1.29 is 18.0 Å². The Kier molecular flexibility index (Phi) is 4.79. The molecule has 1 aliphatic carbocycles. The van der Waals surface area contributed by atoms with E-state index in [2.05, 4.69) is 11.9 Å². The lowest BCUT2D eigenvalue weighted by Crippen LogP contribution is -2.38. The summed E-state index contributed by atoms with van der Waals surface area (Å²) in [5, 5.41) is 0. The van der Waals surface area contributed by atoms with E-state index in [4.69, 9.17) is 5.73 Å². The first-order valence-electron chi connectivity index (χ1n) is 9.69. The number of rotatable bonds is 5. The molecule has 2 atom stereocenters. The Labute approximate surface area is 167 Å². The number of alkyl halides is 3. The highest BCUT2D eigenvalue weighted by atomic mass is 19.4. The molecule has 2 heterocycles. The molecule has 1 aromatic carbocycles. The second-order valence-electron chi connectivity index (χ2n) is 8.24. The lowest BCUT2D eigenvalue weighted by Gasteiger charge is -2.32. The quantitative estimate of drug-likeness (QED) is 0.812. The Morgan fingerprint density at radius 1 is 1.24 bits per heavy atom. The second kappa shape index (κ2) is 7.04. The van der Waals surface area contributed by atoms with Gasteiger partial charge < -0.3 is 10.6 Å². The number of amides is 1. The summed E-state index contributed by atoms with van der Waals surface area (Å²) in [5.41, 5.74) is 6.68. The van der Waals surface area contributed by atoms with E-state index in [0.29, 0.717) is 31.1 Å². The van der Waals surface area contributed by atoms with Gasteiger partial charge in [0, 0.05) is 24.7 Å². The summed E-state index contributed by atoms with van der Waals surface area (Å²) in [6, 6.07) is 9.03. The van der Waals surface area contributed by atoms with Crippen LogP contribution in [0, 0.1) is 12.3 Å². The minimum Gasteiger partial charge on any atom is -0.370 e. The van der Waals surface area contributed by atoms with Crippen molar-refractivity contribution >= 4 is 11.6 Å². The van der Waals surface area contributed by atoms with Crippen LogP contribution in [0.4, 0.5) is 18.9 Å². The fraction of sp³-hybridized carbons (Fsp3) is 0.409. The van der Waals surface area contributed by atoms with Crippen LogP contribution < -0.4 is 10.6 Å². The molecule has 0 spiro atoms. The third-order valence-corrected chi connectivity index (χ3v) is 6.02. The molecule has 2 aromatic rings. The smallest absolute Gasteiger partial charge is 0.370 e. The van der Waals surface area contributed by atoms with Crippen molar-refractivity contribution in [2.45, 2.75) is 37.3 Å². The normalized spacial score (nSPS) is 23.2. The van der Waals surface area contributed by atoms with Gasteiger partial charge in [0.1, 0.15) is 0 Å². The first-order valence-corrected chi connectivity index (χ1v) is 9.69. The highest BCUT2D eigenvalue weighted by molar-refractivity contribution is 5.83. The van der Waals surface area contributed by atoms with Crippen LogP contribution in [-0.4, -0.2) is 24.0 Å². The molecule has 1 aliphatic heterocycles. The van der Waals surface area contributed by atoms with Gasteiger partial charge in [0.25, 0.3) is 0 Å². The first kappa shape index (κ1) is 19.7. The van der Waals surface area contributed by atoms with Crippen LogP contribution in [0.15, 0.2) is 42.7 Å². The molecule has 1 saturated heterocycles. The average Bonchev–Trinajstić information content (AvgIpc) is 3.44. The van der Waals surface area contributed by atoms with E-state index in [1.165, 1.54) is 24.6 Å². The fourth-order valence-electron chi connectivity index (χ4n) is 4.30. The molecule has 2 aliphatic rings. The molecule has 29 heavy (non-hydrogen) atoms. The van der Waals surface area contributed by atoms with E-state index < -0.39 is 29.0 Å². The molecular formula is C22H23F3N3O. The first-order chi connectivity index (χ1) is 13.7. The zero-order valence-electron chi connectivity index (χ0n) is 16.0. The van der Waals surface area contributed by atoms with Crippen LogP contribution in [0.5, 0.6) is 0 Å². The predicted molar refractivity (Wildman–Crippen MR) is 104 cm³/mol. The third kappa shape index (κ3) is 3.95. The summed E-state index contributed by atoms with van der Waals surface area (Å²) in [6.45, 7) is 5.11. The van der Waals surface area contributed by atoms with E-state index in [-0.39, 0.29) is 0 Å². The summed E-state index contributed by atoms with van der Waals surface area (Å²) >= 11 is 0. The van der Waals surface area contributed by atoms with Gasteiger partial charge in [0.15, 0.2) is 0 Å². The van der Waals surface area contributed by atoms with E-state index in [9.17, 15) is 18.0 Å². The molecule has 2 unspecified atom stereocenters. The topological polar surface area (TPSA) is 59.2 Å². The maximum absolute atomic E-state index is 13.0. The van der Waals surface area contributed by atoms with Gasteiger partial charge in [-0.25, -0.2) is 0 Å². The Morgan fingerprint density at radius 3 is 2.52 bits per heavy atom. The molecule has 1 saturated carbocycles. The number of anilines is 1. The second-order valence-corrected chi connectivity index (χ2v) is 8.24. The Hall–Kier alpha value is -2.57. The predicted octanol–water partition coefficient (Wildman–Crippen LogP) is 4.28. The number of pyridine rings is 1. The van der Waals surface area contributed by atoms with Crippen LogP contribution in [0.1, 0.15) is 47.8 Å². The van der Waals surface area contributed by atoms with Gasteiger partial charge in [0.2, 0.25) is 5.91 Å². The Morgan fingerprint density at radius 2 is 1.93 bits per heavy atom. The van der Waals surface area contributed by atoms with Crippen molar-refractivity contribution in [3.05, 3.63) is 66.3 Å². The zero-order chi connectivity index (χ0) is 20.8. The van der Waals surface area contributed by atoms with Crippen molar-refractivity contribution in [1.29, 1.82) is 0 Å².